The zero-order valence-electron chi connectivity index (χ0n) is 7.47. The van der Waals surface area contributed by atoms with E-state index in [0.717, 1.165) is 4.88 Å². The van der Waals surface area contributed by atoms with Crippen molar-refractivity contribution in [2.24, 2.45) is 0 Å². The Morgan fingerprint density at radius 1 is 1.47 bits per heavy atom. The van der Waals surface area contributed by atoms with Crippen LogP contribution in [0.4, 0.5) is 13.2 Å². The molecule has 0 fully saturated rings. The van der Waals surface area contributed by atoms with E-state index in [2.05, 4.69) is 26.0 Å². The Morgan fingerprint density at radius 2 is 2.13 bits per heavy atom. The van der Waals surface area contributed by atoms with Crippen LogP contribution in [-0.4, -0.2) is 14.6 Å². The van der Waals surface area contributed by atoms with Gasteiger partial charge in [-0.2, -0.15) is 18.2 Å². The van der Waals surface area contributed by atoms with Gasteiger partial charge in [-0.3, -0.25) is 0 Å². The minimum Gasteiger partial charge on any atom is -0.206 e. The lowest BCUT2D eigenvalue weighted by Crippen LogP contribution is -2.08. The Hall–Kier alpha value is -0.630. The number of fused-ring (bicyclic) bond motifs is 1. The van der Waals surface area contributed by atoms with Crippen LogP contribution in [-0.2, 0) is 11.5 Å². The predicted octanol–water partition coefficient (Wildman–Crippen LogP) is 3.01. The second kappa shape index (κ2) is 3.44. The summed E-state index contributed by atoms with van der Waals surface area (Å²) in [7, 11) is 0. The third kappa shape index (κ3) is 1.76. The van der Waals surface area contributed by atoms with E-state index in [1.54, 1.807) is 0 Å². The van der Waals surface area contributed by atoms with Crippen LogP contribution in [0.15, 0.2) is 0 Å². The van der Waals surface area contributed by atoms with Crippen LogP contribution in [0.3, 0.4) is 0 Å². The van der Waals surface area contributed by atoms with Gasteiger partial charge in [0.05, 0.1) is 5.69 Å². The van der Waals surface area contributed by atoms with Crippen LogP contribution in [0.1, 0.15) is 16.4 Å². The molecule has 0 amide bonds. The third-order valence-electron chi connectivity index (χ3n) is 1.86. The van der Waals surface area contributed by atoms with Gasteiger partial charge in [-0.1, -0.05) is 27.3 Å². The van der Waals surface area contributed by atoms with Crippen molar-refractivity contribution >= 4 is 32.2 Å². The summed E-state index contributed by atoms with van der Waals surface area (Å²) < 4.78 is 38.1. The Bertz CT molecular complexity index is 501. The van der Waals surface area contributed by atoms with E-state index in [9.17, 15) is 13.2 Å². The van der Waals surface area contributed by atoms with Crippen molar-refractivity contribution in [2.45, 2.75) is 18.4 Å². The molecular formula is C7H5BrF3N3S. The number of nitrogens with zero attached hydrogens (tertiary/aromatic N) is 3. The van der Waals surface area contributed by atoms with Gasteiger partial charge < -0.3 is 0 Å². The van der Waals surface area contributed by atoms with Crippen molar-refractivity contribution in [2.75, 3.05) is 0 Å². The fourth-order valence-electron chi connectivity index (χ4n) is 1.16. The second-order valence-electron chi connectivity index (χ2n) is 2.87. The molecule has 15 heavy (non-hydrogen) atoms. The summed E-state index contributed by atoms with van der Waals surface area (Å²) in [5.74, 6) is -1.09. The topological polar surface area (TPSA) is 30.2 Å². The molecule has 2 aromatic heterocycles. The summed E-state index contributed by atoms with van der Waals surface area (Å²) in [5.41, 5.74) is 0.706. The van der Waals surface area contributed by atoms with Crippen LogP contribution in [0, 0.1) is 6.92 Å². The van der Waals surface area contributed by atoms with Crippen LogP contribution in [0.5, 0.6) is 0 Å². The maximum Gasteiger partial charge on any atom is 0.453 e. The molecule has 0 unspecified atom stereocenters. The van der Waals surface area contributed by atoms with Crippen molar-refractivity contribution in [3.05, 3.63) is 16.4 Å². The Balaban J connectivity index is 2.63. The molecule has 0 spiro atoms. The molecule has 0 radical (unpaired) electrons. The smallest absolute Gasteiger partial charge is 0.206 e. The summed E-state index contributed by atoms with van der Waals surface area (Å²) in [4.78, 5) is 4.62. The number of alkyl halides is 4. The summed E-state index contributed by atoms with van der Waals surface area (Å²) in [5, 5.41) is 3.89. The number of hydrogen-bond donors (Lipinski definition) is 0. The SMILES string of the molecule is Cc1sc2nc(C(F)(F)F)nn2c1CBr. The molecule has 0 atom stereocenters. The first-order chi connectivity index (χ1) is 6.93. The molecule has 2 heterocycles. The average Bonchev–Trinajstić information content (AvgIpc) is 2.59. The Labute approximate surface area is 95.1 Å². The lowest BCUT2D eigenvalue weighted by atomic mass is 10.4. The largest absolute Gasteiger partial charge is 0.453 e. The number of thiazole rings is 1. The molecule has 0 N–H and O–H groups in total. The van der Waals surface area contributed by atoms with E-state index >= 15 is 0 Å². The van der Waals surface area contributed by atoms with Gasteiger partial charge in [0.1, 0.15) is 0 Å². The minimum atomic E-state index is -4.48. The van der Waals surface area contributed by atoms with Crippen LogP contribution < -0.4 is 0 Å². The van der Waals surface area contributed by atoms with E-state index < -0.39 is 12.0 Å². The van der Waals surface area contributed by atoms with Gasteiger partial charge in [0.2, 0.25) is 4.96 Å². The molecular weight excluding hydrogens is 295 g/mol. The lowest BCUT2D eigenvalue weighted by molar-refractivity contribution is -0.144. The van der Waals surface area contributed by atoms with E-state index in [1.807, 2.05) is 6.92 Å². The highest BCUT2D eigenvalue weighted by molar-refractivity contribution is 9.08. The van der Waals surface area contributed by atoms with Gasteiger partial charge in [0, 0.05) is 10.2 Å². The lowest BCUT2D eigenvalue weighted by Gasteiger charge is -1.98. The summed E-state index contributed by atoms with van der Waals surface area (Å²) in [6, 6.07) is 0. The van der Waals surface area contributed by atoms with E-state index in [1.165, 1.54) is 15.9 Å². The van der Waals surface area contributed by atoms with Crippen molar-refractivity contribution in [1.29, 1.82) is 0 Å². The van der Waals surface area contributed by atoms with Crippen LogP contribution >= 0.6 is 27.3 Å². The minimum absolute atomic E-state index is 0.272. The standard InChI is InChI=1S/C7H5BrF3N3S/c1-3-4(2-8)14-6(15-3)12-5(13-14)7(9,10)11/h2H2,1H3. The Kier molecular flexibility index (Phi) is 2.50. The first-order valence-corrected chi connectivity index (χ1v) is 5.85. The number of aromatic nitrogens is 3. The normalized spacial score (nSPS) is 12.6. The summed E-state index contributed by atoms with van der Waals surface area (Å²) >= 11 is 4.40. The number of rotatable bonds is 1. The first-order valence-electron chi connectivity index (χ1n) is 3.91. The third-order valence-corrected chi connectivity index (χ3v) is 3.38. The van der Waals surface area contributed by atoms with Gasteiger partial charge in [0.15, 0.2) is 0 Å². The monoisotopic (exact) mass is 299 g/mol. The molecule has 0 saturated carbocycles. The van der Waals surface area contributed by atoms with Gasteiger partial charge in [-0.25, -0.2) is 4.52 Å². The molecule has 0 bridgehead atoms. The van der Waals surface area contributed by atoms with E-state index in [4.69, 9.17) is 0 Å². The van der Waals surface area contributed by atoms with Crippen molar-refractivity contribution < 1.29 is 13.2 Å². The van der Waals surface area contributed by atoms with Crippen molar-refractivity contribution in [1.82, 2.24) is 14.6 Å². The van der Waals surface area contributed by atoms with Gasteiger partial charge in [0.25, 0.3) is 5.82 Å². The number of aryl methyl sites for hydroxylation is 1. The highest BCUT2D eigenvalue weighted by atomic mass is 79.9. The van der Waals surface area contributed by atoms with Gasteiger partial charge in [-0.05, 0) is 6.92 Å². The second-order valence-corrected chi connectivity index (χ2v) is 4.61. The number of halogens is 4. The molecule has 2 rings (SSSR count). The highest BCUT2D eigenvalue weighted by Crippen LogP contribution is 2.30. The van der Waals surface area contributed by atoms with Crippen LogP contribution in [0.2, 0.25) is 0 Å². The summed E-state index contributed by atoms with van der Waals surface area (Å²) in [6.45, 7) is 1.82. The van der Waals surface area contributed by atoms with Crippen molar-refractivity contribution in [3.8, 4) is 0 Å². The molecule has 0 aliphatic heterocycles. The number of hydrogen-bond acceptors (Lipinski definition) is 3. The predicted molar refractivity (Wildman–Crippen MR) is 53.2 cm³/mol. The fourth-order valence-corrected chi connectivity index (χ4v) is 2.92. The fraction of sp³-hybridized carbons (Fsp3) is 0.429. The average molecular weight is 300 g/mol. The van der Waals surface area contributed by atoms with E-state index in [-0.39, 0.29) is 4.96 Å². The zero-order valence-corrected chi connectivity index (χ0v) is 9.87. The molecule has 82 valence electrons. The van der Waals surface area contributed by atoms with Gasteiger partial charge >= 0.3 is 6.18 Å². The molecule has 0 aliphatic rings. The molecule has 0 aromatic carbocycles. The first kappa shape index (κ1) is 10.9. The molecule has 3 nitrogen and oxygen atoms in total. The highest BCUT2D eigenvalue weighted by Gasteiger charge is 2.36. The molecule has 0 saturated heterocycles. The maximum absolute atomic E-state index is 12.3. The van der Waals surface area contributed by atoms with E-state index in [0.29, 0.717) is 11.0 Å². The van der Waals surface area contributed by atoms with Crippen molar-refractivity contribution in [3.63, 3.8) is 0 Å². The maximum atomic E-state index is 12.3. The van der Waals surface area contributed by atoms with Gasteiger partial charge in [-0.15, -0.1) is 5.10 Å². The Morgan fingerprint density at radius 3 is 2.67 bits per heavy atom. The van der Waals surface area contributed by atoms with Crippen LogP contribution in [0.25, 0.3) is 4.96 Å². The zero-order chi connectivity index (χ0) is 11.2. The quantitative estimate of drug-likeness (QED) is 0.758. The summed E-state index contributed by atoms with van der Waals surface area (Å²) in [6.07, 6.45) is -4.48. The molecule has 0 aliphatic carbocycles. The molecule has 8 heteroatoms. The molecule has 2 aromatic rings.